The Balaban J connectivity index is 1.83. The van der Waals surface area contributed by atoms with E-state index in [0.29, 0.717) is 6.54 Å². The fourth-order valence-corrected chi connectivity index (χ4v) is 6.65. The topological polar surface area (TPSA) is 187 Å². The molecule has 0 saturated heterocycles. The predicted molar refractivity (Wildman–Crippen MR) is 138 cm³/mol. The molecule has 6 atom stereocenters. The number of primary amides is 1. The summed E-state index contributed by atoms with van der Waals surface area (Å²) in [7, 11) is 4.62. The van der Waals surface area contributed by atoms with Crippen molar-refractivity contribution >= 4 is 40.6 Å². The van der Waals surface area contributed by atoms with E-state index in [1.807, 2.05) is 6.92 Å². The van der Waals surface area contributed by atoms with Crippen molar-refractivity contribution in [2.75, 3.05) is 39.5 Å². The molecule has 0 aromatic heterocycles. The first kappa shape index (κ1) is 29.4. The summed E-state index contributed by atoms with van der Waals surface area (Å²) in [6, 6.07) is -0.375. The Morgan fingerprint density at radius 1 is 1.18 bits per heavy atom. The van der Waals surface area contributed by atoms with E-state index in [2.05, 4.69) is 5.32 Å². The summed E-state index contributed by atoms with van der Waals surface area (Å²) in [6.45, 7) is 3.80. The lowest BCUT2D eigenvalue weighted by Crippen LogP contribution is -2.75. The summed E-state index contributed by atoms with van der Waals surface area (Å²) < 4.78 is 15.4. The molecule has 0 bridgehead atoms. The molecular weight excluding hydrogens is 527 g/mol. The third-order valence-electron chi connectivity index (χ3n) is 8.66. The lowest BCUT2D eigenvalue weighted by Gasteiger charge is -2.56. The number of nitrogens with one attached hydrogen (secondary N) is 1. The van der Waals surface area contributed by atoms with Crippen LogP contribution >= 0.6 is 0 Å². The smallest absolute Gasteiger partial charge is 0.238 e. The first-order valence-electron chi connectivity index (χ1n) is 12.9. The average Bonchev–Trinajstić information content (AvgIpc) is 2.83. The van der Waals surface area contributed by atoms with Crippen LogP contribution in [0.5, 0.6) is 5.75 Å². The second-order valence-electron chi connectivity index (χ2n) is 11.6. The molecule has 3 aliphatic rings. The lowest BCUT2D eigenvalue weighted by molar-refractivity contribution is -0.185. The maximum absolute atomic E-state index is 15.4. The molecule has 3 aliphatic carbocycles. The van der Waals surface area contributed by atoms with Gasteiger partial charge in [-0.1, -0.05) is 13.8 Å². The number of halogens is 1. The van der Waals surface area contributed by atoms with Crippen molar-refractivity contribution in [1.82, 2.24) is 9.80 Å². The van der Waals surface area contributed by atoms with Gasteiger partial charge in [-0.15, -0.1) is 0 Å². The van der Waals surface area contributed by atoms with Gasteiger partial charge in [-0.3, -0.25) is 38.6 Å². The highest BCUT2D eigenvalue weighted by Crippen LogP contribution is 2.57. The van der Waals surface area contributed by atoms with E-state index in [1.54, 1.807) is 11.9 Å². The SMILES string of the molecule is CCN(C)CC(=O)Nc1cc(F)c2c(c1O)C(=O)C1C(=O)C3(O)C(=O)C(C(N)=O)C(=O)C(N(C)C)C3CC1(C)C2. The van der Waals surface area contributed by atoms with Crippen LogP contribution in [0.2, 0.25) is 0 Å². The molecule has 6 unspecified atom stereocenters. The zero-order valence-corrected chi connectivity index (χ0v) is 22.9. The predicted octanol–water partition coefficient (Wildman–Crippen LogP) is -0.714. The molecule has 216 valence electrons. The number of nitrogens with zero attached hydrogens (tertiary/aromatic N) is 2. The van der Waals surface area contributed by atoms with Crippen LogP contribution in [-0.2, 0) is 30.4 Å². The van der Waals surface area contributed by atoms with Crippen molar-refractivity contribution in [3.05, 3.63) is 23.0 Å². The minimum Gasteiger partial charge on any atom is -0.505 e. The Kier molecular flexibility index (Phi) is 7.23. The Morgan fingerprint density at radius 3 is 2.35 bits per heavy atom. The number of aromatic hydroxyl groups is 1. The van der Waals surface area contributed by atoms with Gasteiger partial charge in [0.05, 0.1) is 29.8 Å². The van der Waals surface area contributed by atoms with Crippen LogP contribution in [0.1, 0.15) is 36.2 Å². The number of carbonyl (C=O) groups is 6. The molecule has 12 nitrogen and oxygen atoms in total. The second kappa shape index (κ2) is 9.82. The van der Waals surface area contributed by atoms with Gasteiger partial charge in [-0.2, -0.15) is 0 Å². The van der Waals surface area contributed by atoms with E-state index in [-0.39, 0.29) is 30.6 Å². The maximum atomic E-state index is 15.4. The molecule has 2 amide bonds. The van der Waals surface area contributed by atoms with E-state index in [0.717, 1.165) is 6.07 Å². The molecule has 0 aliphatic heterocycles. The van der Waals surface area contributed by atoms with Crippen LogP contribution in [0.25, 0.3) is 0 Å². The van der Waals surface area contributed by atoms with Crippen LogP contribution in [0.4, 0.5) is 10.1 Å². The summed E-state index contributed by atoms with van der Waals surface area (Å²) in [5.41, 5.74) is -0.0292. The number of fused-ring (bicyclic) bond motifs is 3. The van der Waals surface area contributed by atoms with Crippen molar-refractivity contribution < 1.29 is 43.4 Å². The molecule has 1 aromatic rings. The van der Waals surface area contributed by atoms with Gasteiger partial charge in [-0.05, 0) is 45.9 Å². The van der Waals surface area contributed by atoms with Crippen molar-refractivity contribution in [1.29, 1.82) is 0 Å². The van der Waals surface area contributed by atoms with Crippen LogP contribution in [0.3, 0.4) is 0 Å². The molecular formula is C27H33FN4O8. The van der Waals surface area contributed by atoms with E-state index >= 15 is 4.39 Å². The van der Waals surface area contributed by atoms with E-state index in [9.17, 15) is 39.0 Å². The Labute approximate surface area is 229 Å². The number of likely N-dealkylation sites (N-methyl/N-ethyl adjacent to an activating group) is 2. The molecule has 13 heteroatoms. The molecule has 1 aromatic carbocycles. The van der Waals surface area contributed by atoms with Crippen molar-refractivity contribution in [2.24, 2.45) is 28.9 Å². The third kappa shape index (κ3) is 4.14. The minimum atomic E-state index is -2.90. The summed E-state index contributed by atoms with van der Waals surface area (Å²) in [4.78, 5) is 81.9. The number of hydrogen-bond acceptors (Lipinski definition) is 10. The lowest BCUT2D eigenvalue weighted by atomic mass is 9.47. The maximum Gasteiger partial charge on any atom is 0.238 e. The molecule has 2 saturated carbocycles. The zero-order valence-electron chi connectivity index (χ0n) is 22.9. The van der Waals surface area contributed by atoms with Crippen molar-refractivity contribution in [2.45, 2.75) is 38.3 Å². The van der Waals surface area contributed by atoms with Gasteiger partial charge in [0.1, 0.15) is 11.6 Å². The number of aliphatic hydroxyl groups is 1. The number of amides is 2. The standard InChI is InChI=1S/C27H33FN4O8/c1-6-32(5)10-15(33)30-14-7-13(28)11-8-26(2)9-12-19(31(3)4)22(36)17(25(29)39)23(37)27(12,40)24(38)18(26)21(35)16(11)20(14)34/h7,12,17-19,34,40H,6,8-10H2,1-5H3,(H2,29,39)(H,30,33). The van der Waals surface area contributed by atoms with Gasteiger partial charge < -0.3 is 21.3 Å². The molecule has 4 rings (SSSR count). The summed E-state index contributed by atoms with van der Waals surface area (Å²) >= 11 is 0. The van der Waals surface area contributed by atoms with Gasteiger partial charge in [0.25, 0.3) is 0 Å². The molecule has 40 heavy (non-hydrogen) atoms. The van der Waals surface area contributed by atoms with Crippen molar-refractivity contribution in [3.63, 3.8) is 0 Å². The molecule has 5 N–H and O–H groups in total. The number of benzene rings is 1. The minimum absolute atomic E-state index is 0.0783. The number of phenols is 1. The number of carbonyl (C=O) groups excluding carboxylic acids is 6. The Hall–Kier alpha value is -3.55. The fourth-order valence-electron chi connectivity index (χ4n) is 6.65. The Bertz CT molecular complexity index is 1360. The number of ketones is 4. The first-order valence-corrected chi connectivity index (χ1v) is 12.9. The largest absolute Gasteiger partial charge is 0.505 e. The van der Waals surface area contributed by atoms with Gasteiger partial charge in [0, 0.05) is 17.5 Å². The highest BCUT2D eigenvalue weighted by Gasteiger charge is 2.71. The van der Waals surface area contributed by atoms with E-state index < -0.39 is 86.9 Å². The van der Waals surface area contributed by atoms with Crippen LogP contribution < -0.4 is 11.1 Å². The Morgan fingerprint density at radius 2 is 1.80 bits per heavy atom. The third-order valence-corrected chi connectivity index (χ3v) is 8.66. The van der Waals surface area contributed by atoms with Crippen LogP contribution in [-0.4, -0.2) is 101 Å². The summed E-state index contributed by atoms with van der Waals surface area (Å²) in [5.74, 6) is -13.2. The fraction of sp³-hybridized carbons (Fsp3) is 0.556. The first-order chi connectivity index (χ1) is 18.5. The average molecular weight is 561 g/mol. The zero-order chi connectivity index (χ0) is 30.1. The highest BCUT2D eigenvalue weighted by atomic mass is 19.1. The quantitative estimate of drug-likeness (QED) is 0.256. The van der Waals surface area contributed by atoms with Gasteiger partial charge in [0.15, 0.2) is 34.7 Å². The van der Waals surface area contributed by atoms with Gasteiger partial charge in [0.2, 0.25) is 11.8 Å². The molecule has 0 radical (unpaired) electrons. The number of anilines is 1. The van der Waals surface area contributed by atoms with Crippen molar-refractivity contribution in [3.8, 4) is 5.75 Å². The molecule has 2 fully saturated rings. The number of rotatable bonds is 6. The second-order valence-corrected chi connectivity index (χ2v) is 11.6. The van der Waals surface area contributed by atoms with Crippen LogP contribution in [0, 0.1) is 29.0 Å². The number of nitrogens with two attached hydrogens (primary N) is 1. The summed E-state index contributed by atoms with van der Waals surface area (Å²) in [6.07, 6.45) is -0.468. The molecule has 0 heterocycles. The molecule has 0 spiro atoms. The van der Waals surface area contributed by atoms with Gasteiger partial charge >= 0.3 is 0 Å². The number of hydrogen-bond donors (Lipinski definition) is 4. The summed E-state index contributed by atoms with van der Waals surface area (Å²) in [5, 5.41) is 25.0. The number of phenolic OH excluding ortho intramolecular Hbond substituents is 1. The number of Topliss-reactive ketones (excluding diaryl/α,β-unsaturated/α-hetero) is 4. The van der Waals surface area contributed by atoms with Gasteiger partial charge in [-0.25, -0.2) is 4.39 Å². The van der Waals surface area contributed by atoms with E-state index in [1.165, 1.54) is 25.9 Å². The van der Waals surface area contributed by atoms with Crippen LogP contribution in [0.15, 0.2) is 6.07 Å². The van der Waals surface area contributed by atoms with E-state index in [4.69, 9.17) is 5.73 Å². The normalized spacial score (nSPS) is 31.6. The highest BCUT2D eigenvalue weighted by molar-refractivity contribution is 6.32. The monoisotopic (exact) mass is 560 g/mol.